The van der Waals surface area contributed by atoms with Crippen molar-refractivity contribution < 1.29 is 23.9 Å². The third-order valence-corrected chi connectivity index (χ3v) is 5.75. The number of nitrogens with one attached hydrogen (secondary N) is 1. The molecule has 3 aliphatic rings. The second kappa shape index (κ2) is 6.26. The molecule has 2 heterocycles. The number of hydrogen-bond acceptors (Lipinski definition) is 3. The Kier molecular flexibility index (Phi) is 4.05. The van der Waals surface area contributed by atoms with Gasteiger partial charge < -0.3 is 15.3 Å². The van der Waals surface area contributed by atoms with E-state index in [1.54, 1.807) is 0 Å². The minimum Gasteiger partial charge on any atom is -0.480 e. The Morgan fingerprint density at radius 3 is 2.77 bits per heavy atom. The normalized spacial score (nSPS) is 27.6. The molecule has 0 radical (unpaired) electrons. The van der Waals surface area contributed by atoms with E-state index in [1.807, 2.05) is 0 Å². The van der Waals surface area contributed by atoms with E-state index in [0.29, 0.717) is 25.3 Å². The van der Waals surface area contributed by atoms with Crippen molar-refractivity contribution in [1.29, 1.82) is 0 Å². The van der Waals surface area contributed by atoms with E-state index in [2.05, 4.69) is 5.32 Å². The number of aliphatic carboxylic acids is 1. The molecule has 2 N–H and O–H groups in total. The molecule has 1 saturated carbocycles. The molecule has 3 unspecified atom stereocenters. The molecule has 2 saturated heterocycles. The lowest BCUT2D eigenvalue weighted by Crippen LogP contribution is -2.43. The topological polar surface area (TPSA) is 89.9 Å². The van der Waals surface area contributed by atoms with Gasteiger partial charge >= 0.3 is 12.0 Å². The first kappa shape index (κ1) is 16.8. The molecule has 2 aliphatic heterocycles. The summed E-state index contributed by atoms with van der Waals surface area (Å²) in [6.07, 6.45) is 2.64. The van der Waals surface area contributed by atoms with Crippen molar-refractivity contribution in [2.75, 3.05) is 24.5 Å². The molecule has 0 bridgehead atoms. The van der Waals surface area contributed by atoms with Crippen molar-refractivity contribution in [3.63, 3.8) is 0 Å². The van der Waals surface area contributed by atoms with E-state index in [-0.39, 0.29) is 23.4 Å². The summed E-state index contributed by atoms with van der Waals surface area (Å²) in [5, 5.41) is 12.3. The van der Waals surface area contributed by atoms with Crippen molar-refractivity contribution >= 4 is 23.6 Å². The summed E-state index contributed by atoms with van der Waals surface area (Å²) < 4.78 is 14.4. The van der Waals surface area contributed by atoms with Crippen LogP contribution in [0.3, 0.4) is 0 Å². The Morgan fingerprint density at radius 2 is 2.08 bits per heavy atom. The van der Waals surface area contributed by atoms with Gasteiger partial charge in [-0.05, 0) is 42.9 Å². The SMILES string of the molecule is O=C(O)C1C2CCCC2CN1C(=O)c1cc(N2CCNC2=O)ccc1F. The largest absolute Gasteiger partial charge is 0.480 e. The maximum Gasteiger partial charge on any atom is 0.326 e. The third kappa shape index (κ3) is 2.60. The first-order chi connectivity index (χ1) is 12.5. The van der Waals surface area contributed by atoms with Gasteiger partial charge in [0, 0.05) is 25.3 Å². The summed E-state index contributed by atoms with van der Waals surface area (Å²) in [6.45, 7) is 1.26. The second-order valence-corrected chi connectivity index (χ2v) is 7.14. The van der Waals surface area contributed by atoms with Crippen molar-refractivity contribution in [2.45, 2.75) is 25.3 Å². The number of likely N-dealkylation sites (tertiary alicyclic amines) is 1. The van der Waals surface area contributed by atoms with Crippen LogP contribution in [0.4, 0.5) is 14.9 Å². The van der Waals surface area contributed by atoms with Crippen LogP contribution in [-0.4, -0.2) is 53.6 Å². The van der Waals surface area contributed by atoms with Gasteiger partial charge in [0.2, 0.25) is 0 Å². The monoisotopic (exact) mass is 361 g/mol. The van der Waals surface area contributed by atoms with Crippen LogP contribution in [0.5, 0.6) is 0 Å². The fraction of sp³-hybridized carbons (Fsp3) is 0.500. The van der Waals surface area contributed by atoms with Crippen LogP contribution in [0.1, 0.15) is 29.6 Å². The van der Waals surface area contributed by atoms with Gasteiger partial charge in [-0.1, -0.05) is 6.42 Å². The lowest BCUT2D eigenvalue weighted by molar-refractivity contribution is -0.142. The van der Waals surface area contributed by atoms with Gasteiger partial charge in [-0.3, -0.25) is 9.69 Å². The van der Waals surface area contributed by atoms with Gasteiger partial charge in [0.25, 0.3) is 5.91 Å². The van der Waals surface area contributed by atoms with Crippen molar-refractivity contribution in [3.8, 4) is 0 Å². The Hall–Kier alpha value is -2.64. The van der Waals surface area contributed by atoms with Gasteiger partial charge in [-0.15, -0.1) is 0 Å². The highest BCUT2D eigenvalue weighted by Crippen LogP contribution is 2.43. The zero-order valence-corrected chi connectivity index (χ0v) is 14.2. The predicted octanol–water partition coefficient (Wildman–Crippen LogP) is 1.68. The quantitative estimate of drug-likeness (QED) is 0.857. The maximum atomic E-state index is 14.4. The van der Waals surface area contributed by atoms with Gasteiger partial charge in [-0.25, -0.2) is 14.0 Å². The molecule has 8 heteroatoms. The van der Waals surface area contributed by atoms with Crippen LogP contribution in [0.15, 0.2) is 18.2 Å². The third-order valence-electron chi connectivity index (χ3n) is 5.75. The first-order valence-electron chi connectivity index (χ1n) is 8.86. The number of carbonyl (C=O) groups is 3. The molecule has 1 aromatic carbocycles. The number of carboxylic acids is 1. The van der Waals surface area contributed by atoms with Crippen LogP contribution in [-0.2, 0) is 4.79 Å². The molecule has 1 aliphatic carbocycles. The van der Waals surface area contributed by atoms with Crippen molar-refractivity contribution in [3.05, 3.63) is 29.6 Å². The lowest BCUT2D eigenvalue weighted by atomic mass is 9.94. The van der Waals surface area contributed by atoms with Crippen LogP contribution in [0.25, 0.3) is 0 Å². The average molecular weight is 361 g/mol. The van der Waals surface area contributed by atoms with Gasteiger partial charge in [0.1, 0.15) is 11.9 Å². The lowest BCUT2D eigenvalue weighted by Gasteiger charge is -2.25. The summed E-state index contributed by atoms with van der Waals surface area (Å²) in [5.41, 5.74) is 0.240. The maximum absolute atomic E-state index is 14.4. The number of hydrogen-bond donors (Lipinski definition) is 2. The van der Waals surface area contributed by atoms with Crippen molar-refractivity contribution in [2.24, 2.45) is 11.8 Å². The van der Waals surface area contributed by atoms with E-state index >= 15 is 0 Å². The smallest absolute Gasteiger partial charge is 0.326 e. The summed E-state index contributed by atoms with van der Waals surface area (Å²) in [7, 11) is 0. The Labute approximate surface area is 149 Å². The first-order valence-corrected chi connectivity index (χ1v) is 8.86. The second-order valence-electron chi connectivity index (χ2n) is 7.14. The molecule has 0 aromatic heterocycles. The van der Waals surface area contributed by atoms with Crippen LogP contribution < -0.4 is 10.2 Å². The van der Waals surface area contributed by atoms with Crippen LogP contribution in [0.2, 0.25) is 0 Å². The number of carbonyl (C=O) groups excluding carboxylic acids is 2. The van der Waals surface area contributed by atoms with Gasteiger partial charge in [-0.2, -0.15) is 0 Å². The van der Waals surface area contributed by atoms with Crippen LogP contribution >= 0.6 is 0 Å². The zero-order chi connectivity index (χ0) is 18.4. The fourth-order valence-corrected chi connectivity index (χ4v) is 4.55. The summed E-state index contributed by atoms with van der Waals surface area (Å²) in [4.78, 5) is 39.3. The molecule has 26 heavy (non-hydrogen) atoms. The highest BCUT2D eigenvalue weighted by atomic mass is 19.1. The molecular formula is C18H20FN3O4. The zero-order valence-electron chi connectivity index (χ0n) is 14.2. The molecule has 3 amide bonds. The van der Waals surface area contributed by atoms with E-state index in [4.69, 9.17) is 0 Å². The number of nitrogens with zero attached hydrogens (tertiary/aromatic N) is 2. The summed E-state index contributed by atoms with van der Waals surface area (Å²) in [6, 6.07) is 2.74. The Morgan fingerprint density at radius 1 is 1.27 bits per heavy atom. The number of amides is 3. The van der Waals surface area contributed by atoms with Gasteiger partial charge in [0.15, 0.2) is 0 Å². The Bertz CT molecular complexity index is 784. The highest BCUT2D eigenvalue weighted by Gasteiger charge is 2.50. The number of halogens is 1. The number of rotatable bonds is 3. The van der Waals surface area contributed by atoms with Crippen LogP contribution in [0, 0.1) is 17.7 Å². The summed E-state index contributed by atoms with van der Waals surface area (Å²) in [5.74, 6) is -2.27. The highest BCUT2D eigenvalue weighted by molar-refractivity contribution is 6.00. The molecular weight excluding hydrogens is 341 g/mol. The number of benzene rings is 1. The standard InChI is InChI=1S/C18H20FN3O4/c19-14-5-4-11(21-7-6-20-18(21)26)8-13(14)16(23)22-9-10-2-1-3-12(10)15(22)17(24)25/h4-5,8,10,12,15H,1-3,6-7,9H2,(H,20,26)(H,24,25). The van der Waals surface area contributed by atoms with Gasteiger partial charge in [0.05, 0.1) is 5.56 Å². The molecule has 4 rings (SSSR count). The minimum atomic E-state index is -1.04. The van der Waals surface area contributed by atoms with E-state index < -0.39 is 23.7 Å². The average Bonchev–Trinajstić information content (AvgIpc) is 3.29. The predicted molar refractivity (Wildman–Crippen MR) is 90.4 cm³/mol. The number of fused-ring (bicyclic) bond motifs is 1. The van der Waals surface area contributed by atoms with Crippen molar-refractivity contribution in [1.82, 2.24) is 10.2 Å². The van der Waals surface area contributed by atoms with E-state index in [9.17, 15) is 23.9 Å². The Balaban J connectivity index is 1.65. The van der Waals surface area contributed by atoms with E-state index in [1.165, 1.54) is 21.9 Å². The molecule has 1 aromatic rings. The number of urea groups is 1. The molecule has 138 valence electrons. The summed E-state index contributed by atoms with van der Waals surface area (Å²) >= 11 is 0. The molecule has 0 spiro atoms. The minimum absolute atomic E-state index is 0.0629. The molecule has 3 atom stereocenters. The molecule has 3 fully saturated rings. The molecule has 7 nitrogen and oxygen atoms in total. The fourth-order valence-electron chi connectivity index (χ4n) is 4.55. The van der Waals surface area contributed by atoms with E-state index in [0.717, 1.165) is 25.3 Å². The number of anilines is 1. The number of carboxylic acid groups (broad SMARTS) is 1.